The minimum Gasteiger partial charge on any atom is -0.496 e. The number of hydrogen-bond donors (Lipinski definition) is 2. The summed E-state index contributed by atoms with van der Waals surface area (Å²) in [6, 6.07) is 10.6. The van der Waals surface area contributed by atoms with Gasteiger partial charge in [-0.2, -0.15) is 0 Å². The Morgan fingerprint density at radius 2 is 2.10 bits per heavy atom. The van der Waals surface area contributed by atoms with E-state index in [0.717, 1.165) is 11.3 Å². The van der Waals surface area contributed by atoms with E-state index in [1.165, 1.54) is 0 Å². The molecule has 20 heavy (non-hydrogen) atoms. The highest BCUT2D eigenvalue weighted by atomic mass is 16.5. The Hall–Kier alpha value is -2.27. The predicted octanol–water partition coefficient (Wildman–Crippen LogP) is 2.24. The molecule has 0 bridgehead atoms. The van der Waals surface area contributed by atoms with Crippen LogP contribution in [0.15, 0.2) is 40.8 Å². The Labute approximate surface area is 117 Å². The smallest absolute Gasteiger partial charge is 0.287 e. The number of hydrogen-bond acceptors (Lipinski definition) is 4. The molecule has 2 rings (SSSR count). The number of methoxy groups -OCH3 is 1. The van der Waals surface area contributed by atoms with Crippen molar-refractivity contribution in [3.63, 3.8) is 0 Å². The van der Waals surface area contributed by atoms with Crippen LogP contribution < -0.4 is 15.8 Å². The van der Waals surface area contributed by atoms with E-state index in [2.05, 4.69) is 5.32 Å². The van der Waals surface area contributed by atoms with Crippen molar-refractivity contribution >= 4 is 5.91 Å². The van der Waals surface area contributed by atoms with Crippen molar-refractivity contribution in [2.24, 2.45) is 5.73 Å². The maximum atomic E-state index is 12.0. The van der Waals surface area contributed by atoms with Gasteiger partial charge in [-0.15, -0.1) is 0 Å². The zero-order valence-electron chi connectivity index (χ0n) is 11.6. The molecule has 106 valence electrons. The number of ether oxygens (including phenoxy) is 1. The summed E-state index contributed by atoms with van der Waals surface area (Å²) in [5.74, 6) is 1.31. The number of rotatable bonds is 5. The molecule has 0 fully saturated rings. The summed E-state index contributed by atoms with van der Waals surface area (Å²) in [5.41, 5.74) is 6.59. The zero-order valence-corrected chi connectivity index (χ0v) is 11.6. The van der Waals surface area contributed by atoms with Gasteiger partial charge in [0.1, 0.15) is 11.5 Å². The monoisotopic (exact) mass is 274 g/mol. The van der Waals surface area contributed by atoms with Crippen LogP contribution in [0.1, 0.15) is 34.8 Å². The molecule has 0 aliphatic carbocycles. The Balaban J connectivity index is 2.01. The second-order valence-electron chi connectivity index (χ2n) is 4.49. The molecule has 0 radical (unpaired) electrons. The molecule has 1 amide bonds. The van der Waals surface area contributed by atoms with Gasteiger partial charge in [0.2, 0.25) is 0 Å². The van der Waals surface area contributed by atoms with E-state index in [1.54, 1.807) is 26.2 Å². The van der Waals surface area contributed by atoms with Crippen LogP contribution in [0.2, 0.25) is 0 Å². The molecule has 0 aliphatic rings. The van der Waals surface area contributed by atoms with Gasteiger partial charge in [0.25, 0.3) is 5.91 Å². The van der Waals surface area contributed by atoms with Crippen LogP contribution in [0.3, 0.4) is 0 Å². The number of nitrogens with one attached hydrogen (secondary N) is 1. The van der Waals surface area contributed by atoms with Gasteiger partial charge < -0.3 is 20.2 Å². The summed E-state index contributed by atoms with van der Waals surface area (Å²) in [4.78, 5) is 12.0. The van der Waals surface area contributed by atoms with Gasteiger partial charge in [-0.25, -0.2) is 0 Å². The van der Waals surface area contributed by atoms with Crippen LogP contribution >= 0.6 is 0 Å². The van der Waals surface area contributed by atoms with Crippen LogP contribution in [-0.4, -0.2) is 13.0 Å². The Bertz CT molecular complexity index is 590. The molecule has 0 saturated carbocycles. The molecular formula is C15H18N2O3. The summed E-state index contributed by atoms with van der Waals surface area (Å²) in [6.45, 7) is 2.17. The standard InChI is InChI=1S/C15H18N2O3/c1-10(16)12-7-8-14(20-12)15(18)17-9-11-5-3-4-6-13(11)19-2/h3-8,10H,9,16H2,1-2H3,(H,17,18). The Morgan fingerprint density at radius 1 is 1.35 bits per heavy atom. The predicted molar refractivity (Wildman–Crippen MR) is 75.5 cm³/mol. The molecule has 2 aromatic rings. The molecule has 1 atom stereocenters. The van der Waals surface area contributed by atoms with E-state index in [0.29, 0.717) is 12.3 Å². The van der Waals surface area contributed by atoms with E-state index >= 15 is 0 Å². The van der Waals surface area contributed by atoms with E-state index in [4.69, 9.17) is 14.9 Å². The first-order valence-corrected chi connectivity index (χ1v) is 6.37. The fourth-order valence-electron chi connectivity index (χ4n) is 1.83. The fourth-order valence-corrected chi connectivity index (χ4v) is 1.83. The lowest BCUT2D eigenvalue weighted by Crippen LogP contribution is -2.22. The van der Waals surface area contributed by atoms with Gasteiger partial charge in [0, 0.05) is 12.1 Å². The SMILES string of the molecule is COc1ccccc1CNC(=O)c1ccc(C(C)N)o1. The second kappa shape index (κ2) is 6.25. The topological polar surface area (TPSA) is 77.5 Å². The van der Waals surface area contributed by atoms with Crippen molar-refractivity contribution in [2.75, 3.05) is 7.11 Å². The number of carbonyl (C=O) groups is 1. The van der Waals surface area contributed by atoms with Crippen molar-refractivity contribution in [3.05, 3.63) is 53.5 Å². The highest BCUT2D eigenvalue weighted by molar-refractivity contribution is 5.91. The molecule has 0 aliphatic heterocycles. The van der Waals surface area contributed by atoms with E-state index in [-0.39, 0.29) is 17.7 Å². The number of furan rings is 1. The highest BCUT2D eigenvalue weighted by Gasteiger charge is 2.13. The molecule has 3 N–H and O–H groups in total. The first-order valence-electron chi connectivity index (χ1n) is 6.37. The maximum Gasteiger partial charge on any atom is 0.287 e. The van der Waals surface area contributed by atoms with Crippen LogP contribution in [-0.2, 0) is 6.54 Å². The van der Waals surface area contributed by atoms with Crippen LogP contribution in [0.5, 0.6) is 5.75 Å². The normalized spacial score (nSPS) is 11.9. The van der Waals surface area contributed by atoms with E-state index in [1.807, 2.05) is 24.3 Å². The van der Waals surface area contributed by atoms with Gasteiger partial charge in [0.15, 0.2) is 5.76 Å². The van der Waals surface area contributed by atoms with Crippen molar-refractivity contribution in [1.82, 2.24) is 5.32 Å². The summed E-state index contributed by atoms with van der Waals surface area (Å²) in [7, 11) is 1.60. The summed E-state index contributed by atoms with van der Waals surface area (Å²) < 4.78 is 10.6. The minimum atomic E-state index is -0.275. The number of amides is 1. The van der Waals surface area contributed by atoms with Crippen molar-refractivity contribution in [2.45, 2.75) is 19.5 Å². The number of benzene rings is 1. The quantitative estimate of drug-likeness (QED) is 0.876. The summed E-state index contributed by atoms with van der Waals surface area (Å²) in [6.07, 6.45) is 0. The highest BCUT2D eigenvalue weighted by Crippen LogP contribution is 2.17. The zero-order chi connectivity index (χ0) is 14.5. The molecule has 1 heterocycles. The van der Waals surface area contributed by atoms with E-state index in [9.17, 15) is 4.79 Å². The summed E-state index contributed by atoms with van der Waals surface area (Å²) >= 11 is 0. The van der Waals surface area contributed by atoms with Crippen LogP contribution in [0.4, 0.5) is 0 Å². The molecule has 5 nitrogen and oxygen atoms in total. The first kappa shape index (κ1) is 14.1. The molecule has 1 aromatic heterocycles. The molecule has 0 saturated heterocycles. The van der Waals surface area contributed by atoms with Gasteiger partial charge in [-0.1, -0.05) is 18.2 Å². The van der Waals surface area contributed by atoms with E-state index < -0.39 is 0 Å². The largest absolute Gasteiger partial charge is 0.496 e. The first-order chi connectivity index (χ1) is 9.61. The average Bonchev–Trinajstić information content (AvgIpc) is 2.95. The van der Waals surface area contributed by atoms with Crippen molar-refractivity contribution in [3.8, 4) is 5.75 Å². The van der Waals surface area contributed by atoms with Crippen LogP contribution in [0.25, 0.3) is 0 Å². The van der Waals surface area contributed by atoms with Crippen LogP contribution in [0, 0.1) is 0 Å². The summed E-state index contributed by atoms with van der Waals surface area (Å²) in [5, 5.41) is 2.79. The molecule has 1 aromatic carbocycles. The fraction of sp³-hybridized carbons (Fsp3) is 0.267. The molecule has 1 unspecified atom stereocenters. The third-order valence-corrected chi connectivity index (χ3v) is 2.93. The van der Waals surface area contributed by atoms with Crippen molar-refractivity contribution < 1.29 is 13.9 Å². The van der Waals surface area contributed by atoms with Crippen molar-refractivity contribution in [1.29, 1.82) is 0 Å². The van der Waals surface area contributed by atoms with Gasteiger partial charge in [0.05, 0.1) is 13.2 Å². The number of carbonyl (C=O) groups excluding carboxylic acids is 1. The second-order valence-corrected chi connectivity index (χ2v) is 4.49. The van der Waals surface area contributed by atoms with Gasteiger partial charge >= 0.3 is 0 Å². The Morgan fingerprint density at radius 3 is 2.75 bits per heavy atom. The lowest BCUT2D eigenvalue weighted by atomic mass is 10.2. The third kappa shape index (κ3) is 3.19. The maximum absolute atomic E-state index is 12.0. The molecule has 5 heteroatoms. The molecular weight excluding hydrogens is 256 g/mol. The third-order valence-electron chi connectivity index (χ3n) is 2.93. The number of para-hydroxylation sites is 1. The average molecular weight is 274 g/mol. The lowest BCUT2D eigenvalue weighted by molar-refractivity contribution is 0.0920. The molecule has 0 spiro atoms. The minimum absolute atomic E-state index is 0.231. The Kier molecular flexibility index (Phi) is 4.42. The van der Waals surface area contributed by atoms with Gasteiger partial charge in [-0.05, 0) is 25.1 Å². The number of nitrogens with two attached hydrogens (primary N) is 1. The van der Waals surface area contributed by atoms with Gasteiger partial charge in [-0.3, -0.25) is 4.79 Å². The lowest BCUT2D eigenvalue weighted by Gasteiger charge is -2.08.